The van der Waals surface area contributed by atoms with Crippen LogP contribution in [0.3, 0.4) is 0 Å². The standard InChI is InChI=1S/C16H13BrN2O2/c17-15-7-12(9-18)4-5-13(15)10-21-14-3-1-2-11(6-14)8-16(19)20/h1-7H,8,10H2,(H2,19,20). The number of nitrogens with two attached hydrogens (primary N) is 1. The molecule has 5 heteroatoms. The Labute approximate surface area is 131 Å². The van der Waals surface area contributed by atoms with E-state index in [0.717, 1.165) is 15.6 Å². The molecule has 21 heavy (non-hydrogen) atoms. The van der Waals surface area contributed by atoms with E-state index in [0.29, 0.717) is 17.9 Å². The first kappa shape index (κ1) is 15.1. The molecule has 106 valence electrons. The van der Waals surface area contributed by atoms with E-state index >= 15 is 0 Å². The van der Waals surface area contributed by atoms with Gasteiger partial charge < -0.3 is 10.5 Å². The van der Waals surface area contributed by atoms with Crippen molar-refractivity contribution in [3.05, 3.63) is 63.6 Å². The number of halogens is 1. The molecule has 4 nitrogen and oxygen atoms in total. The predicted octanol–water partition coefficient (Wildman–Crippen LogP) is 2.93. The van der Waals surface area contributed by atoms with Crippen LogP contribution in [0.1, 0.15) is 16.7 Å². The quantitative estimate of drug-likeness (QED) is 0.905. The Kier molecular flexibility index (Phi) is 4.96. The van der Waals surface area contributed by atoms with Gasteiger partial charge in [0.15, 0.2) is 0 Å². The largest absolute Gasteiger partial charge is 0.489 e. The van der Waals surface area contributed by atoms with E-state index in [4.69, 9.17) is 15.7 Å². The maximum Gasteiger partial charge on any atom is 0.221 e. The van der Waals surface area contributed by atoms with E-state index in [9.17, 15) is 4.79 Å². The minimum atomic E-state index is -0.373. The maximum absolute atomic E-state index is 10.9. The third kappa shape index (κ3) is 4.33. The lowest BCUT2D eigenvalue weighted by atomic mass is 10.1. The summed E-state index contributed by atoms with van der Waals surface area (Å²) in [5.41, 5.74) is 7.52. The second-order valence-electron chi connectivity index (χ2n) is 4.50. The zero-order chi connectivity index (χ0) is 15.2. The second-order valence-corrected chi connectivity index (χ2v) is 5.35. The van der Waals surface area contributed by atoms with Crippen LogP contribution in [-0.4, -0.2) is 5.91 Å². The molecule has 0 unspecified atom stereocenters. The lowest BCUT2D eigenvalue weighted by Crippen LogP contribution is -2.13. The number of rotatable bonds is 5. The average molecular weight is 345 g/mol. The SMILES string of the molecule is N#Cc1ccc(COc2cccc(CC(N)=O)c2)c(Br)c1. The van der Waals surface area contributed by atoms with Gasteiger partial charge in [0, 0.05) is 10.0 Å². The molecule has 1 amide bonds. The van der Waals surface area contributed by atoms with Gasteiger partial charge in [-0.05, 0) is 29.8 Å². The lowest BCUT2D eigenvalue weighted by Gasteiger charge is -2.09. The number of ether oxygens (including phenoxy) is 1. The summed E-state index contributed by atoms with van der Waals surface area (Å²) >= 11 is 3.42. The molecule has 0 radical (unpaired) electrons. The molecule has 2 aromatic carbocycles. The van der Waals surface area contributed by atoms with E-state index < -0.39 is 0 Å². The van der Waals surface area contributed by atoms with Crippen LogP contribution in [0, 0.1) is 11.3 Å². The van der Waals surface area contributed by atoms with E-state index in [1.165, 1.54) is 0 Å². The van der Waals surface area contributed by atoms with Gasteiger partial charge in [-0.1, -0.05) is 34.1 Å². The Morgan fingerprint density at radius 1 is 1.29 bits per heavy atom. The molecule has 2 rings (SSSR count). The van der Waals surface area contributed by atoms with Crippen molar-refractivity contribution in [2.75, 3.05) is 0 Å². The van der Waals surface area contributed by atoms with Gasteiger partial charge in [0.2, 0.25) is 5.91 Å². The molecule has 0 heterocycles. The first-order valence-electron chi connectivity index (χ1n) is 6.27. The van der Waals surface area contributed by atoms with Crippen LogP contribution < -0.4 is 10.5 Å². The number of primary amides is 1. The van der Waals surface area contributed by atoms with Gasteiger partial charge in [-0.3, -0.25) is 4.79 Å². The minimum Gasteiger partial charge on any atom is -0.489 e. The molecular formula is C16H13BrN2O2. The molecule has 2 aromatic rings. The zero-order valence-corrected chi connectivity index (χ0v) is 12.8. The van der Waals surface area contributed by atoms with Crippen molar-refractivity contribution >= 4 is 21.8 Å². The summed E-state index contributed by atoms with van der Waals surface area (Å²) < 4.78 is 6.53. The van der Waals surface area contributed by atoms with Crippen molar-refractivity contribution < 1.29 is 9.53 Å². The van der Waals surface area contributed by atoms with E-state index in [-0.39, 0.29) is 12.3 Å². The molecule has 0 aromatic heterocycles. The van der Waals surface area contributed by atoms with Crippen LogP contribution >= 0.6 is 15.9 Å². The molecule has 0 atom stereocenters. The highest BCUT2D eigenvalue weighted by atomic mass is 79.9. The second kappa shape index (κ2) is 6.91. The van der Waals surface area contributed by atoms with E-state index in [2.05, 4.69) is 22.0 Å². The number of nitrogens with zero attached hydrogens (tertiary/aromatic N) is 1. The highest BCUT2D eigenvalue weighted by Gasteiger charge is 2.04. The van der Waals surface area contributed by atoms with Gasteiger partial charge >= 0.3 is 0 Å². The van der Waals surface area contributed by atoms with Crippen LogP contribution in [0.2, 0.25) is 0 Å². The predicted molar refractivity (Wildman–Crippen MR) is 82.5 cm³/mol. The Balaban J connectivity index is 2.06. The number of benzene rings is 2. The van der Waals surface area contributed by atoms with Crippen molar-refractivity contribution in [2.24, 2.45) is 5.73 Å². The van der Waals surface area contributed by atoms with Gasteiger partial charge in [-0.15, -0.1) is 0 Å². The van der Waals surface area contributed by atoms with Gasteiger partial charge in [0.05, 0.1) is 18.1 Å². The smallest absolute Gasteiger partial charge is 0.221 e. The van der Waals surface area contributed by atoms with Crippen molar-refractivity contribution in [3.8, 4) is 11.8 Å². The Bertz CT molecular complexity index is 708. The van der Waals surface area contributed by atoms with Crippen molar-refractivity contribution in [2.45, 2.75) is 13.0 Å². The Morgan fingerprint density at radius 3 is 2.76 bits per heavy atom. The first-order valence-corrected chi connectivity index (χ1v) is 7.06. The van der Waals surface area contributed by atoms with E-state index in [1.807, 2.05) is 24.3 Å². The monoisotopic (exact) mass is 344 g/mol. The van der Waals surface area contributed by atoms with Crippen LogP contribution in [0.25, 0.3) is 0 Å². The van der Waals surface area contributed by atoms with Gasteiger partial charge in [-0.25, -0.2) is 0 Å². The highest BCUT2D eigenvalue weighted by molar-refractivity contribution is 9.10. The molecule has 2 N–H and O–H groups in total. The Morgan fingerprint density at radius 2 is 2.10 bits per heavy atom. The molecule has 0 saturated heterocycles. The molecule has 0 bridgehead atoms. The number of carbonyl (C=O) groups is 1. The molecule has 0 fully saturated rings. The molecule has 0 aliphatic carbocycles. The van der Waals surface area contributed by atoms with E-state index in [1.54, 1.807) is 18.2 Å². The van der Waals surface area contributed by atoms with Crippen LogP contribution in [0.5, 0.6) is 5.75 Å². The van der Waals surface area contributed by atoms with Crippen molar-refractivity contribution in [3.63, 3.8) is 0 Å². The molecule has 0 aliphatic heterocycles. The number of carbonyl (C=O) groups excluding carboxylic acids is 1. The molecular weight excluding hydrogens is 332 g/mol. The summed E-state index contributed by atoms with van der Waals surface area (Å²) in [6.45, 7) is 0.367. The number of hydrogen-bond donors (Lipinski definition) is 1. The van der Waals surface area contributed by atoms with Crippen LogP contribution in [0.4, 0.5) is 0 Å². The lowest BCUT2D eigenvalue weighted by molar-refractivity contribution is -0.117. The van der Waals surface area contributed by atoms with Crippen LogP contribution in [0.15, 0.2) is 46.9 Å². The zero-order valence-electron chi connectivity index (χ0n) is 11.2. The fraction of sp³-hybridized carbons (Fsp3) is 0.125. The third-order valence-corrected chi connectivity index (χ3v) is 3.59. The van der Waals surface area contributed by atoms with Crippen LogP contribution in [-0.2, 0) is 17.8 Å². The topological polar surface area (TPSA) is 76.1 Å². The molecule has 0 spiro atoms. The van der Waals surface area contributed by atoms with Crippen molar-refractivity contribution in [1.82, 2.24) is 0 Å². The third-order valence-electron chi connectivity index (χ3n) is 2.85. The summed E-state index contributed by atoms with van der Waals surface area (Å²) in [6, 6.07) is 14.7. The number of hydrogen-bond acceptors (Lipinski definition) is 3. The number of amides is 1. The molecule has 0 aliphatic rings. The minimum absolute atomic E-state index is 0.192. The first-order chi connectivity index (χ1) is 10.1. The summed E-state index contributed by atoms with van der Waals surface area (Å²) in [5, 5.41) is 8.82. The summed E-state index contributed by atoms with van der Waals surface area (Å²) in [5.74, 6) is 0.298. The van der Waals surface area contributed by atoms with Gasteiger partial charge in [0.25, 0.3) is 0 Å². The summed E-state index contributed by atoms with van der Waals surface area (Å²) in [7, 11) is 0. The average Bonchev–Trinajstić information content (AvgIpc) is 2.45. The summed E-state index contributed by atoms with van der Waals surface area (Å²) in [4.78, 5) is 10.9. The normalized spacial score (nSPS) is 9.90. The number of nitriles is 1. The fourth-order valence-electron chi connectivity index (χ4n) is 1.84. The van der Waals surface area contributed by atoms with Gasteiger partial charge in [-0.2, -0.15) is 5.26 Å². The fourth-order valence-corrected chi connectivity index (χ4v) is 2.33. The summed E-state index contributed by atoms with van der Waals surface area (Å²) in [6.07, 6.45) is 0.192. The highest BCUT2D eigenvalue weighted by Crippen LogP contribution is 2.21. The Hall–Kier alpha value is -2.32. The maximum atomic E-state index is 10.9. The van der Waals surface area contributed by atoms with Crippen molar-refractivity contribution in [1.29, 1.82) is 5.26 Å². The van der Waals surface area contributed by atoms with Gasteiger partial charge in [0.1, 0.15) is 12.4 Å². The molecule has 0 saturated carbocycles.